The Kier molecular flexibility index (Phi) is 67.2. The molecular weight excluding hydrogens is 1010 g/mol. The van der Waals surface area contributed by atoms with Gasteiger partial charge in [-0.15, -0.1) is 0 Å². The Hall–Kier alpha value is -3.41. The van der Waals surface area contributed by atoms with Crippen LogP contribution >= 0.6 is 0 Å². The van der Waals surface area contributed by atoms with Crippen molar-refractivity contribution in [2.75, 3.05) is 13.2 Å². The van der Waals surface area contributed by atoms with Gasteiger partial charge >= 0.3 is 17.9 Å². The van der Waals surface area contributed by atoms with E-state index in [2.05, 4.69) is 106 Å². The number of carbonyl (C=O) groups excluding carboxylic acids is 3. The van der Waals surface area contributed by atoms with E-state index in [0.717, 1.165) is 103 Å². The minimum atomic E-state index is -0.773. The maximum Gasteiger partial charge on any atom is 0.306 e. The van der Waals surface area contributed by atoms with Crippen molar-refractivity contribution in [3.05, 3.63) is 85.1 Å². The van der Waals surface area contributed by atoms with Gasteiger partial charge in [-0.25, -0.2) is 0 Å². The van der Waals surface area contributed by atoms with Crippen LogP contribution in [0.3, 0.4) is 0 Å². The second-order valence-corrected chi connectivity index (χ2v) is 23.8. The second-order valence-electron chi connectivity index (χ2n) is 23.8. The predicted octanol–water partition coefficient (Wildman–Crippen LogP) is 24.6. The highest BCUT2D eigenvalue weighted by atomic mass is 16.6. The van der Waals surface area contributed by atoms with Crippen LogP contribution in [0, 0.1) is 0 Å². The van der Waals surface area contributed by atoms with Crippen molar-refractivity contribution in [2.24, 2.45) is 0 Å². The molecule has 0 spiro atoms. The highest BCUT2D eigenvalue weighted by molar-refractivity contribution is 5.71. The van der Waals surface area contributed by atoms with Gasteiger partial charge in [0.15, 0.2) is 6.10 Å². The summed E-state index contributed by atoms with van der Waals surface area (Å²) in [4.78, 5) is 38.2. The molecule has 0 radical (unpaired) electrons. The van der Waals surface area contributed by atoms with Gasteiger partial charge in [0.05, 0.1) is 0 Å². The quantitative estimate of drug-likeness (QED) is 0.0261. The van der Waals surface area contributed by atoms with Crippen LogP contribution in [-0.4, -0.2) is 37.2 Å². The van der Waals surface area contributed by atoms with Gasteiger partial charge < -0.3 is 14.2 Å². The molecule has 0 aliphatic carbocycles. The molecule has 1 atom stereocenters. The number of hydrogen-bond donors (Lipinski definition) is 0. The van der Waals surface area contributed by atoms with Crippen molar-refractivity contribution in [1.82, 2.24) is 0 Å². The molecule has 6 heteroatoms. The summed E-state index contributed by atoms with van der Waals surface area (Å²) in [5.74, 6) is -0.862. The first kappa shape index (κ1) is 78.6. The summed E-state index contributed by atoms with van der Waals surface area (Å²) >= 11 is 0. The van der Waals surface area contributed by atoms with Crippen molar-refractivity contribution in [3.8, 4) is 0 Å². The highest BCUT2D eigenvalue weighted by Gasteiger charge is 2.19. The lowest BCUT2D eigenvalue weighted by atomic mass is 10.0. The number of carbonyl (C=O) groups is 3. The molecule has 0 rings (SSSR count). The molecule has 0 fully saturated rings. The molecule has 0 heterocycles. The Bertz CT molecular complexity index is 1550. The largest absolute Gasteiger partial charge is 0.462 e. The fourth-order valence-corrected chi connectivity index (χ4v) is 10.4. The third-order valence-corrected chi connectivity index (χ3v) is 15.7. The van der Waals surface area contributed by atoms with Crippen LogP contribution in [0.4, 0.5) is 0 Å². The van der Waals surface area contributed by atoms with Crippen LogP contribution in [0.5, 0.6) is 0 Å². The van der Waals surface area contributed by atoms with Gasteiger partial charge in [-0.3, -0.25) is 14.4 Å². The van der Waals surface area contributed by atoms with E-state index in [0.29, 0.717) is 19.3 Å². The van der Waals surface area contributed by atoms with E-state index in [1.807, 2.05) is 0 Å². The van der Waals surface area contributed by atoms with Gasteiger partial charge in [-0.05, 0) is 77.0 Å². The lowest BCUT2D eigenvalue weighted by Gasteiger charge is -2.18. The predicted molar refractivity (Wildman–Crippen MR) is 358 cm³/mol. The van der Waals surface area contributed by atoms with E-state index >= 15 is 0 Å². The molecule has 0 aliphatic heterocycles. The number of ether oxygens (including phenoxy) is 3. The standard InChI is InChI=1S/C76H134O6/c1-4-7-10-13-16-18-20-22-24-26-28-30-32-34-35-36-37-38-39-40-41-42-44-45-47-49-51-53-55-57-60-63-66-69-75(78)81-72-73(71-80-74(77)68-65-62-59-15-12-9-6-3)82-76(79)70-67-64-61-58-56-54-52-50-48-46-43-33-31-29-27-25-23-21-19-17-14-11-8-5-2/h7,10,16,18,22,24,28,30,34-35,37-38,40-41,73H,4-6,8-9,11-15,17,19-21,23,25-27,29,31-33,36,39,42-72H2,1-3H3/b10-7-,18-16-,24-22-,30-28-,35-34-,38-37-,41-40-. The van der Waals surface area contributed by atoms with E-state index in [-0.39, 0.29) is 31.1 Å². The Morgan fingerprint density at radius 3 is 0.744 bits per heavy atom. The van der Waals surface area contributed by atoms with Crippen LogP contribution in [-0.2, 0) is 28.6 Å². The maximum atomic E-state index is 12.9. The molecular formula is C76H134O6. The van der Waals surface area contributed by atoms with Gasteiger partial charge in [0.25, 0.3) is 0 Å². The van der Waals surface area contributed by atoms with Crippen LogP contribution in [0.1, 0.15) is 361 Å². The second kappa shape index (κ2) is 70.1. The molecule has 0 N–H and O–H groups in total. The zero-order valence-corrected chi connectivity index (χ0v) is 54.5. The van der Waals surface area contributed by atoms with Gasteiger partial charge in [-0.1, -0.05) is 350 Å². The molecule has 82 heavy (non-hydrogen) atoms. The summed E-state index contributed by atoms with van der Waals surface area (Å²) in [5.41, 5.74) is 0. The molecule has 0 aromatic heterocycles. The Balaban J connectivity index is 4.06. The van der Waals surface area contributed by atoms with E-state index in [1.54, 1.807) is 0 Å². The first-order valence-corrected chi connectivity index (χ1v) is 35.6. The average molecular weight is 1140 g/mol. The molecule has 0 saturated heterocycles. The molecule has 1 unspecified atom stereocenters. The normalized spacial score (nSPS) is 12.6. The monoisotopic (exact) mass is 1140 g/mol. The van der Waals surface area contributed by atoms with E-state index < -0.39 is 6.10 Å². The average Bonchev–Trinajstić information content (AvgIpc) is 3.48. The molecule has 474 valence electrons. The van der Waals surface area contributed by atoms with Crippen LogP contribution in [0.25, 0.3) is 0 Å². The fraction of sp³-hybridized carbons (Fsp3) is 0.776. The van der Waals surface area contributed by atoms with Gasteiger partial charge in [0.1, 0.15) is 13.2 Å². The van der Waals surface area contributed by atoms with Crippen molar-refractivity contribution in [2.45, 2.75) is 367 Å². The van der Waals surface area contributed by atoms with Gasteiger partial charge in [0, 0.05) is 19.3 Å². The molecule has 0 saturated carbocycles. The summed E-state index contributed by atoms with van der Waals surface area (Å²) in [6, 6.07) is 0. The number of allylic oxidation sites excluding steroid dienone is 14. The summed E-state index contributed by atoms with van der Waals surface area (Å²) < 4.78 is 16.9. The molecule has 0 aliphatic rings. The molecule has 0 aromatic rings. The summed E-state index contributed by atoms with van der Waals surface area (Å²) in [6.45, 7) is 6.53. The first-order valence-electron chi connectivity index (χ1n) is 35.6. The Morgan fingerprint density at radius 2 is 0.476 bits per heavy atom. The van der Waals surface area contributed by atoms with Crippen LogP contribution < -0.4 is 0 Å². The minimum absolute atomic E-state index is 0.0720. The number of unbranched alkanes of at least 4 members (excludes halogenated alkanes) is 40. The molecule has 0 bridgehead atoms. The smallest absolute Gasteiger partial charge is 0.306 e. The Labute approximate surface area is 509 Å². The Morgan fingerprint density at radius 1 is 0.256 bits per heavy atom. The highest BCUT2D eigenvalue weighted by Crippen LogP contribution is 2.18. The number of hydrogen-bond acceptors (Lipinski definition) is 6. The summed E-state index contributed by atoms with van der Waals surface area (Å²) in [7, 11) is 0. The fourth-order valence-electron chi connectivity index (χ4n) is 10.4. The lowest BCUT2D eigenvalue weighted by molar-refractivity contribution is -0.167. The molecule has 0 amide bonds. The zero-order chi connectivity index (χ0) is 59.2. The van der Waals surface area contributed by atoms with Gasteiger partial charge in [0.2, 0.25) is 0 Å². The van der Waals surface area contributed by atoms with Crippen molar-refractivity contribution >= 4 is 17.9 Å². The molecule has 0 aromatic carbocycles. The lowest BCUT2D eigenvalue weighted by Crippen LogP contribution is -2.30. The van der Waals surface area contributed by atoms with Crippen molar-refractivity contribution in [3.63, 3.8) is 0 Å². The third-order valence-electron chi connectivity index (χ3n) is 15.7. The SMILES string of the molecule is CC/C=C\C/C=C\C/C=C\C/C=C\C/C=C\C/C=C\C/C=C\CCCCCCCCCCCCCC(=O)OCC(COC(=O)CCCCCCCCC)OC(=O)CCCCCCCCCCCCCCCCCCCCCCCCCC. The van der Waals surface area contributed by atoms with Crippen LogP contribution in [0.15, 0.2) is 85.1 Å². The topological polar surface area (TPSA) is 78.9 Å². The first-order chi connectivity index (χ1) is 40.5. The zero-order valence-electron chi connectivity index (χ0n) is 54.5. The van der Waals surface area contributed by atoms with E-state index in [9.17, 15) is 14.4 Å². The van der Waals surface area contributed by atoms with Crippen molar-refractivity contribution in [1.29, 1.82) is 0 Å². The number of rotatable bonds is 65. The third kappa shape index (κ3) is 67.4. The summed E-state index contributed by atoms with van der Waals surface area (Å²) in [5, 5.41) is 0. The van der Waals surface area contributed by atoms with Gasteiger partial charge in [-0.2, -0.15) is 0 Å². The minimum Gasteiger partial charge on any atom is -0.462 e. The van der Waals surface area contributed by atoms with E-state index in [4.69, 9.17) is 14.2 Å². The van der Waals surface area contributed by atoms with Crippen molar-refractivity contribution < 1.29 is 28.6 Å². The molecule has 6 nitrogen and oxygen atoms in total. The van der Waals surface area contributed by atoms with Crippen LogP contribution in [0.2, 0.25) is 0 Å². The number of esters is 3. The maximum absolute atomic E-state index is 12.9. The van der Waals surface area contributed by atoms with E-state index in [1.165, 1.54) is 218 Å². The summed E-state index contributed by atoms with van der Waals surface area (Å²) in [6.07, 6.45) is 93.6.